The third-order valence-electron chi connectivity index (χ3n) is 5.50. The minimum Gasteiger partial charge on any atom is -0.368 e. The molecule has 0 fully saturated rings. The molecule has 2 amide bonds. The van der Waals surface area contributed by atoms with Crippen LogP contribution in [0, 0.1) is 0 Å². The largest absolute Gasteiger partial charge is 0.416 e. The molecule has 3 N–H and O–H groups in total. The number of amides is 2. The first-order valence-electron chi connectivity index (χ1n) is 10.00. The topological polar surface area (TPSA) is 72.2 Å². The van der Waals surface area contributed by atoms with E-state index >= 15 is 0 Å². The fourth-order valence-electron chi connectivity index (χ4n) is 3.61. The van der Waals surface area contributed by atoms with Gasteiger partial charge in [0.2, 0.25) is 11.8 Å². The minimum atomic E-state index is -4.51. The lowest BCUT2D eigenvalue weighted by Gasteiger charge is -2.31. The Bertz CT molecular complexity index is 1040. The van der Waals surface area contributed by atoms with Gasteiger partial charge >= 0.3 is 6.18 Å². The van der Waals surface area contributed by atoms with Gasteiger partial charge in [0.25, 0.3) is 0 Å². The van der Waals surface area contributed by atoms with E-state index in [-0.39, 0.29) is 12.0 Å². The highest BCUT2D eigenvalue weighted by atomic mass is 19.4. The third kappa shape index (κ3) is 4.99. The minimum absolute atomic E-state index is 0.162. The molecule has 3 rings (SSSR count). The second-order valence-corrected chi connectivity index (χ2v) is 7.69. The van der Waals surface area contributed by atoms with Crippen molar-refractivity contribution in [1.29, 1.82) is 0 Å². The molecule has 0 radical (unpaired) electrons. The number of carbonyl (C=O) groups is 2. The standard InChI is InChI=1S/C25H23F3N2O2/c1-24(18-10-4-2-5-11-18,19-12-6-3-7-13-19)23(32)30-21(22(29)31)16-17-9-8-14-20(15-17)25(26,27)28/h2-15,21H,16H2,1H3,(H2,29,31)(H,30,32)/t21-/m0/s1. The maximum Gasteiger partial charge on any atom is 0.416 e. The van der Waals surface area contributed by atoms with E-state index in [9.17, 15) is 22.8 Å². The lowest BCUT2D eigenvalue weighted by Crippen LogP contribution is -2.52. The molecule has 0 saturated heterocycles. The Balaban J connectivity index is 1.92. The van der Waals surface area contributed by atoms with Crippen LogP contribution < -0.4 is 11.1 Å². The molecule has 0 spiro atoms. The first-order chi connectivity index (χ1) is 15.1. The van der Waals surface area contributed by atoms with Crippen molar-refractivity contribution in [2.45, 2.75) is 31.0 Å². The number of primary amides is 1. The second kappa shape index (κ2) is 9.26. The molecule has 0 aliphatic rings. The molecule has 4 nitrogen and oxygen atoms in total. The number of hydrogen-bond donors (Lipinski definition) is 2. The summed E-state index contributed by atoms with van der Waals surface area (Å²) in [6, 6.07) is 21.5. The first-order valence-corrected chi connectivity index (χ1v) is 10.00. The highest BCUT2D eigenvalue weighted by molar-refractivity contribution is 5.95. The van der Waals surface area contributed by atoms with Gasteiger partial charge in [-0.15, -0.1) is 0 Å². The van der Waals surface area contributed by atoms with Gasteiger partial charge in [-0.2, -0.15) is 13.2 Å². The number of halogens is 3. The van der Waals surface area contributed by atoms with Gasteiger partial charge in [0.1, 0.15) is 6.04 Å². The molecule has 0 aliphatic carbocycles. The Labute approximate surface area is 184 Å². The van der Waals surface area contributed by atoms with E-state index in [0.29, 0.717) is 11.1 Å². The number of rotatable bonds is 7. The average molecular weight is 440 g/mol. The Kier molecular flexibility index (Phi) is 6.67. The van der Waals surface area contributed by atoms with E-state index in [1.165, 1.54) is 12.1 Å². The molecule has 0 aliphatic heterocycles. The summed E-state index contributed by atoms with van der Waals surface area (Å²) in [5.74, 6) is -1.31. The van der Waals surface area contributed by atoms with E-state index < -0.39 is 35.0 Å². The molecular weight excluding hydrogens is 417 g/mol. The maximum absolute atomic E-state index is 13.5. The highest BCUT2D eigenvalue weighted by Crippen LogP contribution is 2.33. The third-order valence-corrected chi connectivity index (χ3v) is 5.50. The zero-order valence-corrected chi connectivity index (χ0v) is 17.4. The summed E-state index contributed by atoms with van der Waals surface area (Å²) >= 11 is 0. The van der Waals surface area contributed by atoms with E-state index in [0.717, 1.165) is 12.1 Å². The highest BCUT2D eigenvalue weighted by Gasteiger charge is 2.39. The fourth-order valence-corrected chi connectivity index (χ4v) is 3.61. The van der Waals surface area contributed by atoms with Crippen molar-refractivity contribution in [3.63, 3.8) is 0 Å². The summed E-state index contributed by atoms with van der Waals surface area (Å²) in [5, 5.41) is 2.67. The molecular formula is C25H23F3N2O2. The van der Waals surface area contributed by atoms with Gasteiger partial charge in [0.05, 0.1) is 11.0 Å². The summed E-state index contributed by atoms with van der Waals surface area (Å²) in [7, 11) is 0. The monoisotopic (exact) mass is 440 g/mol. The van der Waals surface area contributed by atoms with Crippen LogP contribution in [-0.4, -0.2) is 17.9 Å². The number of hydrogen-bond acceptors (Lipinski definition) is 2. The van der Waals surface area contributed by atoms with Gasteiger partial charge in [-0.1, -0.05) is 78.9 Å². The van der Waals surface area contributed by atoms with Crippen LogP contribution in [0.15, 0.2) is 84.9 Å². The van der Waals surface area contributed by atoms with Crippen molar-refractivity contribution in [3.8, 4) is 0 Å². The Morgan fingerprint density at radius 3 is 1.81 bits per heavy atom. The Hall–Kier alpha value is -3.61. The zero-order valence-electron chi connectivity index (χ0n) is 17.4. The lowest BCUT2D eigenvalue weighted by atomic mass is 9.75. The molecule has 0 bridgehead atoms. The molecule has 0 aromatic heterocycles. The van der Waals surface area contributed by atoms with Crippen molar-refractivity contribution in [2.75, 3.05) is 0 Å². The zero-order chi connectivity index (χ0) is 23.4. The first kappa shape index (κ1) is 23.1. The van der Waals surface area contributed by atoms with Crippen LogP contribution in [-0.2, 0) is 27.6 Å². The van der Waals surface area contributed by atoms with Crippen molar-refractivity contribution in [1.82, 2.24) is 5.32 Å². The van der Waals surface area contributed by atoms with Gasteiger partial charge < -0.3 is 11.1 Å². The van der Waals surface area contributed by atoms with Crippen LogP contribution >= 0.6 is 0 Å². The van der Waals surface area contributed by atoms with Crippen LogP contribution in [0.3, 0.4) is 0 Å². The molecule has 1 atom stereocenters. The van der Waals surface area contributed by atoms with Gasteiger partial charge in [-0.25, -0.2) is 0 Å². The van der Waals surface area contributed by atoms with Crippen molar-refractivity contribution < 1.29 is 22.8 Å². The maximum atomic E-state index is 13.5. The molecule has 166 valence electrons. The molecule has 0 saturated carbocycles. The molecule has 7 heteroatoms. The summed E-state index contributed by atoms with van der Waals surface area (Å²) in [6.07, 6.45) is -4.68. The number of nitrogens with one attached hydrogen (secondary N) is 1. The number of carbonyl (C=O) groups excluding carboxylic acids is 2. The number of alkyl halides is 3. The van der Waals surface area contributed by atoms with E-state index in [4.69, 9.17) is 5.73 Å². The summed E-state index contributed by atoms with van der Waals surface area (Å²) in [4.78, 5) is 25.6. The second-order valence-electron chi connectivity index (χ2n) is 7.69. The van der Waals surface area contributed by atoms with Crippen LogP contribution in [0.25, 0.3) is 0 Å². The predicted octanol–water partition coefficient (Wildman–Crippen LogP) is 4.22. The molecule has 3 aromatic carbocycles. The van der Waals surface area contributed by atoms with E-state index in [1.54, 1.807) is 55.5 Å². The van der Waals surface area contributed by atoms with Crippen LogP contribution in [0.5, 0.6) is 0 Å². The van der Waals surface area contributed by atoms with Gasteiger partial charge in [-0.05, 0) is 29.7 Å². The predicted molar refractivity (Wildman–Crippen MR) is 116 cm³/mol. The number of benzene rings is 3. The van der Waals surface area contributed by atoms with Crippen molar-refractivity contribution in [2.24, 2.45) is 5.73 Å². The van der Waals surface area contributed by atoms with Crippen LogP contribution in [0.1, 0.15) is 29.2 Å². The number of nitrogens with two attached hydrogens (primary N) is 1. The normalized spacial score (nSPS) is 12.8. The van der Waals surface area contributed by atoms with Crippen molar-refractivity contribution >= 4 is 11.8 Å². The Morgan fingerprint density at radius 1 is 0.844 bits per heavy atom. The summed E-state index contributed by atoms with van der Waals surface area (Å²) < 4.78 is 39.1. The van der Waals surface area contributed by atoms with Crippen LogP contribution in [0.2, 0.25) is 0 Å². The summed E-state index contributed by atoms with van der Waals surface area (Å²) in [6.45, 7) is 1.73. The SMILES string of the molecule is CC(C(=O)N[C@@H](Cc1cccc(C(F)(F)F)c1)C(N)=O)(c1ccccc1)c1ccccc1. The average Bonchev–Trinajstić information content (AvgIpc) is 2.78. The quantitative estimate of drug-likeness (QED) is 0.577. The molecule has 0 unspecified atom stereocenters. The smallest absolute Gasteiger partial charge is 0.368 e. The van der Waals surface area contributed by atoms with E-state index in [1.807, 2.05) is 12.1 Å². The summed E-state index contributed by atoms with van der Waals surface area (Å²) in [5.41, 5.74) is 5.16. The van der Waals surface area contributed by atoms with Gasteiger partial charge in [0.15, 0.2) is 0 Å². The Morgan fingerprint density at radius 2 is 1.34 bits per heavy atom. The van der Waals surface area contributed by atoms with E-state index in [2.05, 4.69) is 5.32 Å². The molecule has 3 aromatic rings. The fraction of sp³-hybridized carbons (Fsp3) is 0.200. The van der Waals surface area contributed by atoms with Gasteiger partial charge in [-0.3, -0.25) is 9.59 Å². The van der Waals surface area contributed by atoms with Crippen molar-refractivity contribution in [3.05, 3.63) is 107 Å². The molecule has 32 heavy (non-hydrogen) atoms. The van der Waals surface area contributed by atoms with Crippen LogP contribution in [0.4, 0.5) is 13.2 Å². The molecule has 0 heterocycles. The van der Waals surface area contributed by atoms with Gasteiger partial charge in [0, 0.05) is 6.42 Å². The lowest BCUT2D eigenvalue weighted by molar-refractivity contribution is -0.137.